The molecule has 2 aromatic heterocycles. The van der Waals surface area contributed by atoms with E-state index in [0.717, 1.165) is 28.6 Å². The SMILES string of the molecule is Cc1ccc(C(=O)Nc2cccc(-c3ccnc4cc(-c5ccccc5)nn34)c2)cc1C(F)(F)F. The van der Waals surface area contributed by atoms with Gasteiger partial charge in [-0.1, -0.05) is 48.5 Å². The van der Waals surface area contributed by atoms with E-state index in [2.05, 4.69) is 10.3 Å². The lowest BCUT2D eigenvalue weighted by molar-refractivity contribution is -0.138. The molecule has 0 bridgehead atoms. The smallest absolute Gasteiger partial charge is 0.322 e. The number of carbonyl (C=O) groups excluding carboxylic acids is 1. The molecule has 174 valence electrons. The zero-order valence-corrected chi connectivity index (χ0v) is 18.5. The molecule has 1 amide bonds. The number of hydrogen-bond donors (Lipinski definition) is 1. The molecule has 0 atom stereocenters. The molecule has 2 heterocycles. The van der Waals surface area contributed by atoms with Crippen LogP contribution in [0.15, 0.2) is 91.1 Å². The van der Waals surface area contributed by atoms with E-state index in [9.17, 15) is 18.0 Å². The van der Waals surface area contributed by atoms with E-state index in [0.29, 0.717) is 11.3 Å². The number of aryl methyl sites for hydroxylation is 1. The Morgan fingerprint density at radius 1 is 0.886 bits per heavy atom. The van der Waals surface area contributed by atoms with Crippen LogP contribution in [0, 0.1) is 6.92 Å². The largest absolute Gasteiger partial charge is 0.416 e. The van der Waals surface area contributed by atoms with Crippen molar-refractivity contribution in [3.05, 3.63) is 108 Å². The number of nitrogens with zero attached hydrogens (tertiary/aromatic N) is 3. The number of nitrogens with one attached hydrogen (secondary N) is 1. The zero-order chi connectivity index (χ0) is 24.6. The van der Waals surface area contributed by atoms with Crippen molar-refractivity contribution in [2.75, 3.05) is 5.32 Å². The maximum atomic E-state index is 13.3. The van der Waals surface area contributed by atoms with Gasteiger partial charge in [-0.3, -0.25) is 4.79 Å². The average molecular weight is 472 g/mol. The van der Waals surface area contributed by atoms with Gasteiger partial charge in [0.05, 0.1) is 17.0 Å². The lowest BCUT2D eigenvalue weighted by Gasteiger charge is -2.13. The molecule has 0 saturated heterocycles. The van der Waals surface area contributed by atoms with Crippen molar-refractivity contribution in [2.24, 2.45) is 0 Å². The fraction of sp³-hybridized carbons (Fsp3) is 0.0741. The third-order valence-electron chi connectivity index (χ3n) is 5.65. The van der Waals surface area contributed by atoms with Crippen LogP contribution in [0.5, 0.6) is 0 Å². The van der Waals surface area contributed by atoms with Crippen molar-refractivity contribution in [1.82, 2.24) is 14.6 Å². The first-order valence-corrected chi connectivity index (χ1v) is 10.8. The number of halogens is 3. The molecule has 0 unspecified atom stereocenters. The Morgan fingerprint density at radius 3 is 2.43 bits per heavy atom. The molecule has 35 heavy (non-hydrogen) atoms. The Kier molecular flexibility index (Phi) is 5.56. The molecule has 0 spiro atoms. The minimum absolute atomic E-state index is 0.0619. The van der Waals surface area contributed by atoms with Crippen LogP contribution < -0.4 is 5.32 Å². The summed E-state index contributed by atoms with van der Waals surface area (Å²) < 4.78 is 41.5. The number of amides is 1. The van der Waals surface area contributed by atoms with Crippen LogP contribution in [0.3, 0.4) is 0 Å². The molecule has 1 N–H and O–H groups in total. The summed E-state index contributed by atoms with van der Waals surface area (Å²) in [5.41, 5.74) is 3.52. The number of rotatable bonds is 4. The molecule has 0 aliphatic carbocycles. The Hall–Kier alpha value is -4.46. The van der Waals surface area contributed by atoms with E-state index >= 15 is 0 Å². The van der Waals surface area contributed by atoms with Gasteiger partial charge in [0.2, 0.25) is 0 Å². The van der Waals surface area contributed by atoms with Crippen molar-refractivity contribution in [2.45, 2.75) is 13.1 Å². The van der Waals surface area contributed by atoms with Crippen LogP contribution in [0.4, 0.5) is 18.9 Å². The summed E-state index contributed by atoms with van der Waals surface area (Å²) in [6.45, 7) is 1.36. The van der Waals surface area contributed by atoms with Crippen molar-refractivity contribution < 1.29 is 18.0 Å². The van der Waals surface area contributed by atoms with Crippen LogP contribution in [0.25, 0.3) is 28.2 Å². The summed E-state index contributed by atoms with van der Waals surface area (Å²) in [7, 11) is 0. The van der Waals surface area contributed by atoms with Gasteiger partial charge in [0.15, 0.2) is 5.65 Å². The summed E-state index contributed by atoms with van der Waals surface area (Å²) in [4.78, 5) is 17.1. The topological polar surface area (TPSA) is 59.3 Å². The summed E-state index contributed by atoms with van der Waals surface area (Å²) in [6.07, 6.45) is -2.85. The van der Waals surface area contributed by atoms with Crippen LogP contribution in [0.1, 0.15) is 21.5 Å². The van der Waals surface area contributed by atoms with Gasteiger partial charge in [-0.05, 0) is 42.8 Å². The third-order valence-corrected chi connectivity index (χ3v) is 5.65. The van der Waals surface area contributed by atoms with Gasteiger partial charge in [-0.15, -0.1) is 0 Å². The van der Waals surface area contributed by atoms with Crippen LogP contribution in [0.2, 0.25) is 0 Å². The normalized spacial score (nSPS) is 11.5. The lowest BCUT2D eigenvalue weighted by atomic mass is 10.0. The van der Waals surface area contributed by atoms with Gasteiger partial charge in [0, 0.05) is 34.6 Å². The Balaban J connectivity index is 1.46. The summed E-state index contributed by atoms with van der Waals surface area (Å²) in [6, 6.07) is 24.0. The number of fused-ring (bicyclic) bond motifs is 1. The van der Waals surface area contributed by atoms with E-state index in [4.69, 9.17) is 5.10 Å². The molecule has 0 radical (unpaired) electrons. The predicted octanol–water partition coefficient (Wildman–Crippen LogP) is 6.64. The highest BCUT2D eigenvalue weighted by Crippen LogP contribution is 2.32. The molecule has 5 aromatic rings. The summed E-state index contributed by atoms with van der Waals surface area (Å²) >= 11 is 0. The monoisotopic (exact) mass is 472 g/mol. The number of hydrogen-bond acceptors (Lipinski definition) is 3. The molecule has 5 nitrogen and oxygen atoms in total. The third kappa shape index (κ3) is 4.50. The first-order valence-electron chi connectivity index (χ1n) is 10.8. The van der Waals surface area contributed by atoms with E-state index < -0.39 is 17.6 Å². The molecular formula is C27H19F3N4O. The summed E-state index contributed by atoms with van der Waals surface area (Å²) in [5.74, 6) is -0.627. The molecular weight excluding hydrogens is 453 g/mol. The second-order valence-corrected chi connectivity index (χ2v) is 8.06. The van der Waals surface area contributed by atoms with E-state index in [1.807, 2.05) is 48.5 Å². The van der Waals surface area contributed by atoms with Gasteiger partial charge in [-0.2, -0.15) is 18.3 Å². The van der Waals surface area contributed by atoms with E-state index in [1.165, 1.54) is 19.1 Å². The summed E-state index contributed by atoms with van der Waals surface area (Å²) in [5, 5.41) is 7.39. The average Bonchev–Trinajstić information content (AvgIpc) is 3.29. The molecule has 0 aliphatic rings. The second-order valence-electron chi connectivity index (χ2n) is 8.06. The first-order chi connectivity index (χ1) is 16.8. The van der Waals surface area contributed by atoms with E-state index in [1.54, 1.807) is 28.9 Å². The highest BCUT2D eigenvalue weighted by atomic mass is 19.4. The minimum Gasteiger partial charge on any atom is -0.322 e. The van der Waals surface area contributed by atoms with Gasteiger partial charge in [0.1, 0.15) is 0 Å². The van der Waals surface area contributed by atoms with Gasteiger partial charge in [0.25, 0.3) is 5.91 Å². The Morgan fingerprint density at radius 2 is 1.66 bits per heavy atom. The van der Waals surface area contributed by atoms with Crippen LogP contribution in [-0.2, 0) is 6.18 Å². The lowest BCUT2D eigenvalue weighted by Crippen LogP contribution is -2.15. The van der Waals surface area contributed by atoms with E-state index in [-0.39, 0.29) is 11.1 Å². The molecule has 0 fully saturated rings. The number of aromatic nitrogens is 3. The van der Waals surface area contributed by atoms with Gasteiger partial charge in [-0.25, -0.2) is 9.50 Å². The maximum Gasteiger partial charge on any atom is 0.416 e. The number of carbonyl (C=O) groups is 1. The molecule has 0 saturated carbocycles. The fourth-order valence-corrected chi connectivity index (χ4v) is 3.89. The predicted molar refractivity (Wildman–Crippen MR) is 128 cm³/mol. The number of benzene rings is 3. The zero-order valence-electron chi connectivity index (χ0n) is 18.5. The Bertz CT molecular complexity index is 1540. The number of alkyl halides is 3. The molecule has 3 aromatic carbocycles. The maximum absolute atomic E-state index is 13.3. The van der Waals surface area contributed by atoms with Crippen molar-refractivity contribution in [1.29, 1.82) is 0 Å². The quantitative estimate of drug-likeness (QED) is 0.319. The molecule has 8 heteroatoms. The van der Waals surface area contributed by atoms with Gasteiger partial charge >= 0.3 is 6.18 Å². The van der Waals surface area contributed by atoms with Crippen LogP contribution in [-0.4, -0.2) is 20.5 Å². The molecule has 5 rings (SSSR count). The molecule has 0 aliphatic heterocycles. The second kappa shape index (κ2) is 8.72. The first kappa shape index (κ1) is 22.3. The van der Waals surface area contributed by atoms with Crippen molar-refractivity contribution in [3.8, 4) is 22.5 Å². The van der Waals surface area contributed by atoms with Crippen molar-refractivity contribution in [3.63, 3.8) is 0 Å². The van der Waals surface area contributed by atoms with Gasteiger partial charge < -0.3 is 5.32 Å². The Labute approximate surface area is 198 Å². The van der Waals surface area contributed by atoms with Crippen molar-refractivity contribution >= 4 is 17.2 Å². The highest BCUT2D eigenvalue weighted by molar-refractivity contribution is 6.04. The highest BCUT2D eigenvalue weighted by Gasteiger charge is 2.33. The minimum atomic E-state index is -4.53. The fourth-order valence-electron chi connectivity index (χ4n) is 3.89. The standard InChI is InChI=1S/C27H19F3N4O/c1-17-10-11-20(15-22(17)27(28,29)30)26(35)32-21-9-5-8-19(14-21)24-12-13-31-25-16-23(33-34(24)25)18-6-3-2-4-7-18/h2-16H,1H3,(H,32,35). The van der Waals surface area contributed by atoms with Crippen LogP contribution >= 0.6 is 0 Å². The number of anilines is 1.